The van der Waals surface area contributed by atoms with Crippen LogP contribution >= 0.6 is 0 Å². The summed E-state index contributed by atoms with van der Waals surface area (Å²) in [5, 5.41) is 3.60. The Kier molecular flexibility index (Phi) is 4.31. The van der Waals surface area contributed by atoms with Crippen molar-refractivity contribution in [2.45, 2.75) is 38.5 Å². The van der Waals surface area contributed by atoms with E-state index in [9.17, 15) is 9.59 Å². The van der Waals surface area contributed by atoms with Gasteiger partial charge in [0.25, 0.3) is 0 Å². The number of hydrogen-bond acceptors (Lipinski definition) is 3. The highest BCUT2D eigenvalue weighted by Gasteiger charge is 2.37. The first-order valence-corrected chi connectivity index (χ1v) is 9.49. The fraction of sp³-hybridized carbons (Fsp3) is 0.889. The molecule has 2 aliphatic heterocycles. The van der Waals surface area contributed by atoms with E-state index in [1.54, 1.807) is 0 Å². The smallest absolute Gasteiger partial charge is 0.225 e. The average molecular weight is 319 g/mol. The molecule has 4 rings (SSSR count). The lowest BCUT2D eigenvalue weighted by Gasteiger charge is -2.18. The van der Waals surface area contributed by atoms with Crippen molar-refractivity contribution in [1.82, 2.24) is 15.1 Å². The summed E-state index contributed by atoms with van der Waals surface area (Å²) in [5.74, 6) is 2.74. The molecule has 23 heavy (non-hydrogen) atoms. The fourth-order valence-corrected chi connectivity index (χ4v) is 4.07. The highest BCUT2D eigenvalue weighted by molar-refractivity contribution is 5.81. The second-order valence-electron chi connectivity index (χ2n) is 8.08. The number of hydrogen-bond donors (Lipinski definition) is 1. The zero-order chi connectivity index (χ0) is 15.8. The molecule has 4 fully saturated rings. The summed E-state index contributed by atoms with van der Waals surface area (Å²) in [6.07, 6.45) is 6.71. The highest BCUT2D eigenvalue weighted by Crippen LogP contribution is 2.33. The second-order valence-corrected chi connectivity index (χ2v) is 8.08. The van der Waals surface area contributed by atoms with Gasteiger partial charge in [0.2, 0.25) is 11.8 Å². The van der Waals surface area contributed by atoms with Gasteiger partial charge in [0, 0.05) is 38.0 Å². The van der Waals surface area contributed by atoms with E-state index in [1.807, 2.05) is 0 Å². The van der Waals surface area contributed by atoms with Crippen LogP contribution in [0.4, 0.5) is 0 Å². The van der Waals surface area contributed by atoms with Crippen molar-refractivity contribution in [3.63, 3.8) is 0 Å². The second kappa shape index (κ2) is 6.42. The Labute approximate surface area is 138 Å². The summed E-state index contributed by atoms with van der Waals surface area (Å²) >= 11 is 0. The van der Waals surface area contributed by atoms with Gasteiger partial charge in [0.1, 0.15) is 0 Å². The van der Waals surface area contributed by atoms with E-state index in [2.05, 4.69) is 15.1 Å². The summed E-state index contributed by atoms with van der Waals surface area (Å²) in [6, 6.07) is 0. The van der Waals surface area contributed by atoms with E-state index in [0.717, 1.165) is 77.8 Å². The topological polar surface area (TPSA) is 52.7 Å². The van der Waals surface area contributed by atoms with E-state index in [4.69, 9.17) is 0 Å². The Morgan fingerprint density at radius 2 is 1.17 bits per heavy atom. The van der Waals surface area contributed by atoms with Crippen LogP contribution < -0.4 is 5.32 Å². The van der Waals surface area contributed by atoms with E-state index < -0.39 is 0 Å². The van der Waals surface area contributed by atoms with E-state index in [-0.39, 0.29) is 0 Å². The molecule has 0 bridgehead atoms. The quantitative estimate of drug-likeness (QED) is 0.797. The summed E-state index contributed by atoms with van der Waals surface area (Å²) in [5.41, 5.74) is 0. The predicted molar refractivity (Wildman–Crippen MR) is 87.7 cm³/mol. The molecule has 2 amide bonds. The van der Waals surface area contributed by atoms with Crippen LogP contribution in [0.2, 0.25) is 0 Å². The third kappa shape index (κ3) is 3.70. The van der Waals surface area contributed by atoms with Gasteiger partial charge in [-0.1, -0.05) is 0 Å². The molecule has 4 aliphatic rings. The summed E-state index contributed by atoms with van der Waals surface area (Å²) < 4.78 is 0. The van der Waals surface area contributed by atoms with Crippen molar-refractivity contribution in [3.05, 3.63) is 0 Å². The van der Waals surface area contributed by atoms with Crippen LogP contribution in [0.15, 0.2) is 0 Å². The van der Waals surface area contributed by atoms with Crippen LogP contribution in [0.1, 0.15) is 38.5 Å². The van der Waals surface area contributed by atoms with Crippen molar-refractivity contribution >= 4 is 11.8 Å². The number of nitrogens with one attached hydrogen (secondary N) is 1. The van der Waals surface area contributed by atoms with Crippen LogP contribution in [0.25, 0.3) is 0 Å². The molecule has 0 radical (unpaired) electrons. The standard InChI is InChI=1S/C18H29N3O2/c22-17(15-1-2-15)20-7-5-13(11-20)9-19-10-14-6-8-21(12-14)18(23)16-3-4-16/h13-16,19H,1-12H2/t13-,14-/m0/s1. The van der Waals surface area contributed by atoms with E-state index in [0.29, 0.717) is 35.5 Å². The molecule has 0 aromatic heterocycles. The maximum atomic E-state index is 12.1. The van der Waals surface area contributed by atoms with Crippen molar-refractivity contribution in [2.24, 2.45) is 23.7 Å². The zero-order valence-corrected chi connectivity index (χ0v) is 14.0. The molecule has 0 aromatic carbocycles. The Hall–Kier alpha value is -1.10. The monoisotopic (exact) mass is 319 g/mol. The molecule has 2 heterocycles. The average Bonchev–Trinajstić information content (AvgIpc) is 3.48. The van der Waals surface area contributed by atoms with Gasteiger partial charge >= 0.3 is 0 Å². The van der Waals surface area contributed by atoms with Crippen molar-refractivity contribution in [3.8, 4) is 0 Å². The minimum absolute atomic E-state index is 0.357. The van der Waals surface area contributed by atoms with Gasteiger partial charge in [0.15, 0.2) is 0 Å². The number of likely N-dealkylation sites (tertiary alicyclic amines) is 2. The Morgan fingerprint density at radius 1 is 0.739 bits per heavy atom. The molecule has 0 spiro atoms. The highest BCUT2D eigenvalue weighted by atomic mass is 16.2. The number of carbonyl (C=O) groups is 2. The molecule has 128 valence electrons. The van der Waals surface area contributed by atoms with E-state index in [1.165, 1.54) is 0 Å². The number of rotatable bonds is 6. The lowest BCUT2D eigenvalue weighted by atomic mass is 10.1. The number of nitrogens with zero attached hydrogens (tertiary/aromatic N) is 2. The first kappa shape index (κ1) is 15.4. The molecule has 2 atom stereocenters. The first-order valence-electron chi connectivity index (χ1n) is 9.49. The van der Waals surface area contributed by atoms with Gasteiger partial charge in [-0.05, 0) is 63.5 Å². The van der Waals surface area contributed by atoms with Gasteiger partial charge in [-0.25, -0.2) is 0 Å². The fourth-order valence-electron chi connectivity index (χ4n) is 4.07. The first-order chi connectivity index (χ1) is 11.2. The molecular formula is C18H29N3O2. The molecule has 0 aromatic rings. The third-order valence-electron chi connectivity index (χ3n) is 5.91. The number of amides is 2. The molecule has 5 nitrogen and oxygen atoms in total. The Morgan fingerprint density at radius 3 is 1.57 bits per heavy atom. The zero-order valence-electron chi connectivity index (χ0n) is 14.0. The number of carbonyl (C=O) groups excluding carboxylic acids is 2. The van der Waals surface area contributed by atoms with Gasteiger partial charge in [0.05, 0.1) is 0 Å². The van der Waals surface area contributed by atoms with Crippen molar-refractivity contribution < 1.29 is 9.59 Å². The summed E-state index contributed by atoms with van der Waals surface area (Å²) in [6.45, 7) is 5.82. The van der Waals surface area contributed by atoms with Gasteiger partial charge in [-0.2, -0.15) is 0 Å². The normalized spacial score (nSPS) is 31.0. The van der Waals surface area contributed by atoms with E-state index >= 15 is 0 Å². The van der Waals surface area contributed by atoms with Crippen LogP contribution in [0.5, 0.6) is 0 Å². The van der Waals surface area contributed by atoms with Gasteiger partial charge < -0.3 is 15.1 Å². The SMILES string of the molecule is O=C(C1CC1)N1CC[C@@H](CNC[C@@H]2CCN(C(=O)C3CC3)C2)C1. The Balaban J connectivity index is 1.13. The minimum atomic E-state index is 0.357. The van der Waals surface area contributed by atoms with Gasteiger partial charge in [-0.3, -0.25) is 9.59 Å². The van der Waals surface area contributed by atoms with Crippen molar-refractivity contribution in [2.75, 3.05) is 39.3 Å². The maximum Gasteiger partial charge on any atom is 0.225 e. The van der Waals surface area contributed by atoms with Crippen LogP contribution in [-0.4, -0.2) is 60.9 Å². The minimum Gasteiger partial charge on any atom is -0.342 e. The third-order valence-corrected chi connectivity index (χ3v) is 5.91. The largest absolute Gasteiger partial charge is 0.342 e. The summed E-state index contributed by atoms with van der Waals surface area (Å²) in [7, 11) is 0. The molecule has 2 saturated heterocycles. The van der Waals surface area contributed by atoms with Crippen LogP contribution in [-0.2, 0) is 9.59 Å². The van der Waals surface area contributed by atoms with Crippen LogP contribution in [0.3, 0.4) is 0 Å². The molecule has 0 unspecified atom stereocenters. The maximum absolute atomic E-state index is 12.1. The molecule has 5 heteroatoms. The van der Waals surface area contributed by atoms with Crippen LogP contribution in [0, 0.1) is 23.7 Å². The predicted octanol–water partition coefficient (Wildman–Crippen LogP) is 1.09. The lowest BCUT2D eigenvalue weighted by molar-refractivity contribution is -0.132. The molecular weight excluding hydrogens is 290 g/mol. The Bertz CT molecular complexity index is 431. The lowest BCUT2D eigenvalue weighted by Crippen LogP contribution is -2.34. The van der Waals surface area contributed by atoms with Crippen molar-refractivity contribution in [1.29, 1.82) is 0 Å². The summed E-state index contributed by atoms with van der Waals surface area (Å²) in [4.78, 5) is 28.3. The molecule has 1 N–H and O–H groups in total. The molecule has 2 aliphatic carbocycles. The van der Waals surface area contributed by atoms with Gasteiger partial charge in [-0.15, -0.1) is 0 Å². The molecule has 2 saturated carbocycles.